The molecule has 0 aromatic heterocycles. The number of carbonyl (C=O) groups excluding carboxylic acids is 1. The molecular formula is C17H25N3O2. The summed E-state index contributed by atoms with van der Waals surface area (Å²) in [6, 6.07) is 8.89. The van der Waals surface area contributed by atoms with Crippen molar-refractivity contribution in [3.8, 4) is 0 Å². The van der Waals surface area contributed by atoms with Crippen molar-refractivity contribution in [2.24, 2.45) is 0 Å². The summed E-state index contributed by atoms with van der Waals surface area (Å²) in [7, 11) is 0. The minimum absolute atomic E-state index is 0.179. The Hall–Kier alpha value is -1.59. The molecule has 120 valence electrons. The van der Waals surface area contributed by atoms with E-state index in [1.54, 1.807) is 0 Å². The molecule has 0 aliphatic carbocycles. The molecule has 0 spiro atoms. The summed E-state index contributed by atoms with van der Waals surface area (Å²) >= 11 is 0. The lowest BCUT2D eigenvalue weighted by molar-refractivity contribution is 0.0373. The van der Waals surface area contributed by atoms with E-state index in [1.807, 2.05) is 9.80 Å². The van der Waals surface area contributed by atoms with Crippen LogP contribution in [-0.4, -0.2) is 73.2 Å². The molecule has 0 atom stereocenters. The summed E-state index contributed by atoms with van der Waals surface area (Å²) in [6.07, 6.45) is 0. The average Bonchev–Trinajstić information content (AvgIpc) is 2.58. The van der Waals surface area contributed by atoms with Gasteiger partial charge in [-0.05, 0) is 12.5 Å². The molecule has 1 aromatic carbocycles. The van der Waals surface area contributed by atoms with Gasteiger partial charge in [0.25, 0.3) is 0 Å². The van der Waals surface area contributed by atoms with Gasteiger partial charge >= 0.3 is 6.03 Å². The Kier molecular flexibility index (Phi) is 4.95. The lowest BCUT2D eigenvalue weighted by Gasteiger charge is -2.38. The highest BCUT2D eigenvalue weighted by molar-refractivity contribution is 5.74. The molecule has 0 saturated carbocycles. The second-order valence-electron chi connectivity index (χ2n) is 6.13. The van der Waals surface area contributed by atoms with Crippen molar-refractivity contribution in [3.05, 3.63) is 35.4 Å². The predicted octanol–water partition coefficient (Wildman–Crippen LogP) is 1.56. The van der Waals surface area contributed by atoms with E-state index >= 15 is 0 Å². The van der Waals surface area contributed by atoms with Gasteiger partial charge in [-0.3, -0.25) is 4.90 Å². The quantitative estimate of drug-likeness (QED) is 0.832. The fourth-order valence-electron chi connectivity index (χ4n) is 3.00. The van der Waals surface area contributed by atoms with Crippen LogP contribution in [0.1, 0.15) is 11.1 Å². The number of nitrogens with zero attached hydrogens (tertiary/aromatic N) is 3. The largest absolute Gasteiger partial charge is 0.378 e. The van der Waals surface area contributed by atoms with Crippen molar-refractivity contribution in [2.45, 2.75) is 13.5 Å². The second-order valence-corrected chi connectivity index (χ2v) is 6.13. The highest BCUT2D eigenvalue weighted by atomic mass is 16.5. The van der Waals surface area contributed by atoms with Crippen molar-refractivity contribution in [1.82, 2.24) is 14.7 Å². The van der Waals surface area contributed by atoms with Crippen LogP contribution in [0.25, 0.3) is 0 Å². The van der Waals surface area contributed by atoms with E-state index in [-0.39, 0.29) is 6.03 Å². The van der Waals surface area contributed by atoms with Crippen LogP contribution < -0.4 is 0 Å². The summed E-state index contributed by atoms with van der Waals surface area (Å²) in [5.74, 6) is 0. The Balaban J connectivity index is 1.47. The first-order valence-corrected chi connectivity index (χ1v) is 8.12. The minimum Gasteiger partial charge on any atom is -0.378 e. The van der Waals surface area contributed by atoms with Crippen LogP contribution in [0.5, 0.6) is 0 Å². The Morgan fingerprint density at radius 1 is 0.955 bits per heavy atom. The van der Waals surface area contributed by atoms with Crippen LogP contribution in [0.15, 0.2) is 24.3 Å². The molecule has 3 rings (SSSR count). The summed E-state index contributed by atoms with van der Waals surface area (Å²) in [5, 5.41) is 0. The van der Waals surface area contributed by atoms with Crippen LogP contribution in [0, 0.1) is 6.92 Å². The van der Waals surface area contributed by atoms with Crippen LogP contribution in [0.2, 0.25) is 0 Å². The van der Waals surface area contributed by atoms with Gasteiger partial charge in [0.05, 0.1) is 13.2 Å². The minimum atomic E-state index is 0.179. The van der Waals surface area contributed by atoms with Gasteiger partial charge in [0.2, 0.25) is 0 Å². The van der Waals surface area contributed by atoms with Gasteiger partial charge in [-0.15, -0.1) is 0 Å². The first-order valence-electron chi connectivity index (χ1n) is 8.12. The highest BCUT2D eigenvalue weighted by Gasteiger charge is 2.26. The van der Waals surface area contributed by atoms with Gasteiger partial charge in [0.1, 0.15) is 0 Å². The molecular weight excluding hydrogens is 278 g/mol. The molecule has 2 aliphatic rings. The van der Waals surface area contributed by atoms with Crippen molar-refractivity contribution < 1.29 is 9.53 Å². The standard InChI is InChI=1S/C17H25N3O2/c1-15-2-4-16(5-3-15)14-18-6-8-19(9-7-18)17(21)20-10-12-22-13-11-20/h2-5H,6-14H2,1H3. The summed E-state index contributed by atoms with van der Waals surface area (Å²) < 4.78 is 5.31. The van der Waals surface area contributed by atoms with Crippen LogP contribution in [0.3, 0.4) is 0 Å². The number of rotatable bonds is 2. The zero-order valence-electron chi connectivity index (χ0n) is 13.3. The van der Waals surface area contributed by atoms with Gasteiger partial charge < -0.3 is 14.5 Å². The van der Waals surface area contributed by atoms with E-state index in [4.69, 9.17) is 4.74 Å². The lowest BCUT2D eigenvalue weighted by atomic mass is 10.1. The smallest absolute Gasteiger partial charge is 0.320 e. The number of benzene rings is 1. The summed E-state index contributed by atoms with van der Waals surface area (Å²) in [6.45, 7) is 9.40. The number of aryl methyl sites for hydroxylation is 1. The third-order valence-corrected chi connectivity index (χ3v) is 4.45. The Bertz CT molecular complexity index is 489. The second kappa shape index (κ2) is 7.11. The molecule has 2 aliphatic heterocycles. The molecule has 0 bridgehead atoms. The van der Waals surface area contributed by atoms with E-state index in [2.05, 4.69) is 36.1 Å². The fourth-order valence-corrected chi connectivity index (χ4v) is 3.00. The van der Waals surface area contributed by atoms with E-state index in [0.29, 0.717) is 13.2 Å². The lowest BCUT2D eigenvalue weighted by Crippen LogP contribution is -2.54. The molecule has 0 radical (unpaired) electrons. The van der Waals surface area contributed by atoms with Crippen molar-refractivity contribution >= 4 is 6.03 Å². The normalized spacial score (nSPS) is 20.2. The van der Waals surface area contributed by atoms with Gasteiger partial charge in [-0.2, -0.15) is 0 Å². The molecule has 5 heteroatoms. The molecule has 0 N–H and O–H groups in total. The molecule has 2 fully saturated rings. The number of urea groups is 1. The monoisotopic (exact) mass is 303 g/mol. The van der Waals surface area contributed by atoms with E-state index in [9.17, 15) is 4.79 Å². The molecule has 0 unspecified atom stereocenters. The average molecular weight is 303 g/mol. The van der Waals surface area contributed by atoms with E-state index in [1.165, 1.54) is 11.1 Å². The summed E-state index contributed by atoms with van der Waals surface area (Å²) in [5.41, 5.74) is 2.64. The van der Waals surface area contributed by atoms with Crippen LogP contribution in [-0.2, 0) is 11.3 Å². The number of morpholine rings is 1. The Labute approximate surface area is 132 Å². The van der Waals surface area contributed by atoms with Crippen LogP contribution >= 0.6 is 0 Å². The first kappa shape index (κ1) is 15.3. The topological polar surface area (TPSA) is 36.0 Å². The number of hydrogen-bond acceptors (Lipinski definition) is 3. The molecule has 2 heterocycles. The van der Waals surface area contributed by atoms with Gasteiger partial charge in [-0.25, -0.2) is 4.79 Å². The number of carbonyl (C=O) groups is 1. The zero-order chi connectivity index (χ0) is 15.4. The maximum absolute atomic E-state index is 12.4. The maximum atomic E-state index is 12.4. The van der Waals surface area contributed by atoms with E-state index < -0.39 is 0 Å². The SMILES string of the molecule is Cc1ccc(CN2CCN(C(=O)N3CCOCC3)CC2)cc1. The molecule has 2 amide bonds. The fraction of sp³-hybridized carbons (Fsp3) is 0.588. The van der Waals surface area contributed by atoms with Crippen LogP contribution in [0.4, 0.5) is 4.79 Å². The van der Waals surface area contributed by atoms with Gasteiger partial charge in [-0.1, -0.05) is 29.8 Å². The number of hydrogen-bond donors (Lipinski definition) is 0. The third kappa shape index (κ3) is 3.78. The third-order valence-electron chi connectivity index (χ3n) is 4.45. The number of amides is 2. The van der Waals surface area contributed by atoms with E-state index in [0.717, 1.165) is 45.8 Å². The number of piperazine rings is 1. The Morgan fingerprint density at radius 3 is 2.18 bits per heavy atom. The molecule has 22 heavy (non-hydrogen) atoms. The highest BCUT2D eigenvalue weighted by Crippen LogP contribution is 2.12. The van der Waals surface area contributed by atoms with Crippen molar-refractivity contribution in [1.29, 1.82) is 0 Å². The zero-order valence-corrected chi connectivity index (χ0v) is 13.3. The number of ether oxygens (including phenoxy) is 1. The van der Waals surface area contributed by atoms with Gasteiger partial charge in [0, 0.05) is 45.8 Å². The van der Waals surface area contributed by atoms with Gasteiger partial charge in [0.15, 0.2) is 0 Å². The maximum Gasteiger partial charge on any atom is 0.320 e. The van der Waals surface area contributed by atoms with Crippen molar-refractivity contribution in [3.63, 3.8) is 0 Å². The summed E-state index contributed by atoms with van der Waals surface area (Å²) in [4.78, 5) is 18.8. The molecule has 5 nitrogen and oxygen atoms in total. The Morgan fingerprint density at radius 2 is 1.55 bits per heavy atom. The predicted molar refractivity (Wildman–Crippen MR) is 85.8 cm³/mol. The molecule has 1 aromatic rings. The first-order chi connectivity index (χ1) is 10.7. The van der Waals surface area contributed by atoms with Crippen molar-refractivity contribution in [2.75, 3.05) is 52.5 Å². The molecule has 2 saturated heterocycles.